The van der Waals surface area contributed by atoms with E-state index >= 15 is 0 Å². The van der Waals surface area contributed by atoms with Crippen LogP contribution in [-0.2, 0) is 6.54 Å². The highest BCUT2D eigenvalue weighted by Gasteiger charge is 1.98. The molecule has 12 heavy (non-hydrogen) atoms. The Hall–Kier alpha value is -0.450. The van der Waals surface area contributed by atoms with Crippen LogP contribution in [0.1, 0.15) is 16.8 Å². The first kappa shape index (κ1) is 9.64. The van der Waals surface area contributed by atoms with E-state index in [1.807, 2.05) is 13.1 Å². The Morgan fingerprint density at radius 1 is 1.75 bits per heavy atom. The minimum absolute atomic E-state index is 0.214. The number of thiazole rings is 1. The summed E-state index contributed by atoms with van der Waals surface area (Å²) in [4.78, 5) is 5.48. The molecule has 0 fully saturated rings. The quantitative estimate of drug-likeness (QED) is 0.732. The maximum Gasteiger partial charge on any atom is 0.107 e. The minimum Gasteiger partial charge on any atom is -0.327 e. The highest BCUT2D eigenvalue weighted by molar-refractivity contribution is 7.11. The van der Waals surface area contributed by atoms with Gasteiger partial charge in [0.05, 0.1) is 0 Å². The van der Waals surface area contributed by atoms with E-state index in [-0.39, 0.29) is 6.04 Å². The van der Waals surface area contributed by atoms with Gasteiger partial charge in [0.15, 0.2) is 0 Å². The van der Waals surface area contributed by atoms with Crippen molar-refractivity contribution < 1.29 is 0 Å². The number of nitrogens with one attached hydrogen (secondary N) is 1. The van der Waals surface area contributed by atoms with Crippen LogP contribution in [-0.4, -0.2) is 17.6 Å². The number of rotatable bonds is 4. The molecular weight excluding hydrogens is 170 g/mol. The van der Waals surface area contributed by atoms with Gasteiger partial charge in [-0.1, -0.05) is 0 Å². The van der Waals surface area contributed by atoms with Crippen molar-refractivity contribution in [2.24, 2.45) is 5.73 Å². The molecule has 0 aliphatic rings. The average molecular weight is 185 g/mol. The van der Waals surface area contributed by atoms with Crippen LogP contribution in [0.5, 0.6) is 0 Å². The largest absolute Gasteiger partial charge is 0.327 e. The van der Waals surface area contributed by atoms with E-state index in [1.54, 1.807) is 11.3 Å². The first-order chi connectivity index (χ1) is 5.68. The summed E-state index contributed by atoms with van der Waals surface area (Å²) in [6, 6.07) is 0.214. The number of nitrogens with zero attached hydrogens (tertiary/aromatic N) is 1. The SMILES string of the molecule is Cc1cnc(CNCC(C)N)s1. The fourth-order valence-electron chi connectivity index (χ4n) is 0.890. The molecule has 0 radical (unpaired) electrons. The second-order valence-corrected chi connectivity index (χ2v) is 4.29. The highest BCUT2D eigenvalue weighted by Crippen LogP contribution is 2.09. The molecule has 3 N–H and O–H groups in total. The van der Waals surface area contributed by atoms with Gasteiger partial charge >= 0.3 is 0 Å². The molecule has 1 atom stereocenters. The molecule has 0 bridgehead atoms. The van der Waals surface area contributed by atoms with E-state index in [4.69, 9.17) is 5.73 Å². The molecule has 0 aromatic carbocycles. The molecule has 0 amide bonds. The number of aromatic nitrogens is 1. The van der Waals surface area contributed by atoms with Crippen molar-refractivity contribution in [1.82, 2.24) is 10.3 Å². The van der Waals surface area contributed by atoms with Crippen LogP contribution in [0.2, 0.25) is 0 Å². The third kappa shape index (κ3) is 3.30. The highest BCUT2D eigenvalue weighted by atomic mass is 32.1. The summed E-state index contributed by atoms with van der Waals surface area (Å²) in [7, 11) is 0. The molecule has 1 rings (SSSR count). The van der Waals surface area contributed by atoms with E-state index in [2.05, 4.69) is 17.2 Å². The fourth-order valence-corrected chi connectivity index (χ4v) is 1.65. The van der Waals surface area contributed by atoms with Crippen molar-refractivity contribution in [2.75, 3.05) is 6.54 Å². The fraction of sp³-hybridized carbons (Fsp3) is 0.625. The Kier molecular flexibility index (Phi) is 3.65. The van der Waals surface area contributed by atoms with E-state index in [1.165, 1.54) is 4.88 Å². The second kappa shape index (κ2) is 4.54. The summed E-state index contributed by atoms with van der Waals surface area (Å²) in [6.45, 7) is 5.73. The van der Waals surface area contributed by atoms with Crippen LogP contribution < -0.4 is 11.1 Å². The predicted octanol–water partition coefficient (Wildman–Crippen LogP) is 0.888. The number of nitrogens with two attached hydrogens (primary N) is 1. The molecule has 1 aromatic heterocycles. The van der Waals surface area contributed by atoms with Crippen LogP contribution in [0.4, 0.5) is 0 Å². The van der Waals surface area contributed by atoms with Gasteiger partial charge in [0.1, 0.15) is 5.01 Å². The monoisotopic (exact) mass is 185 g/mol. The Morgan fingerprint density at radius 3 is 3.00 bits per heavy atom. The zero-order valence-electron chi connectivity index (χ0n) is 7.50. The summed E-state index contributed by atoms with van der Waals surface area (Å²) in [5.74, 6) is 0. The topological polar surface area (TPSA) is 50.9 Å². The lowest BCUT2D eigenvalue weighted by molar-refractivity contribution is 0.607. The molecule has 0 aliphatic carbocycles. The summed E-state index contributed by atoms with van der Waals surface area (Å²) in [5.41, 5.74) is 5.58. The average Bonchev–Trinajstić information content (AvgIpc) is 2.35. The third-order valence-electron chi connectivity index (χ3n) is 1.41. The summed E-state index contributed by atoms with van der Waals surface area (Å²) >= 11 is 1.72. The Balaban J connectivity index is 2.24. The summed E-state index contributed by atoms with van der Waals surface area (Å²) in [5, 5.41) is 4.37. The standard InChI is InChI=1S/C8H15N3S/c1-6(9)3-10-5-8-11-4-7(2)12-8/h4,6,10H,3,5,9H2,1-2H3. The maximum absolute atomic E-state index is 5.58. The van der Waals surface area contributed by atoms with Crippen molar-refractivity contribution in [2.45, 2.75) is 26.4 Å². The smallest absolute Gasteiger partial charge is 0.107 e. The number of hydrogen-bond acceptors (Lipinski definition) is 4. The van der Waals surface area contributed by atoms with E-state index in [9.17, 15) is 0 Å². The maximum atomic E-state index is 5.58. The van der Waals surface area contributed by atoms with Gasteiger partial charge < -0.3 is 11.1 Å². The molecule has 1 unspecified atom stereocenters. The molecule has 1 aromatic rings. The lowest BCUT2D eigenvalue weighted by Gasteiger charge is -2.04. The number of aryl methyl sites for hydroxylation is 1. The molecule has 0 saturated carbocycles. The van der Waals surface area contributed by atoms with Gasteiger partial charge in [-0.2, -0.15) is 0 Å². The van der Waals surface area contributed by atoms with Crippen LogP contribution in [0.25, 0.3) is 0 Å². The zero-order valence-corrected chi connectivity index (χ0v) is 8.32. The van der Waals surface area contributed by atoms with E-state index < -0.39 is 0 Å². The van der Waals surface area contributed by atoms with Crippen LogP contribution in [0, 0.1) is 6.92 Å². The Labute approximate surface area is 77.0 Å². The number of hydrogen-bond donors (Lipinski definition) is 2. The normalized spacial score (nSPS) is 13.2. The van der Waals surface area contributed by atoms with Crippen LogP contribution >= 0.6 is 11.3 Å². The lowest BCUT2D eigenvalue weighted by atomic mass is 10.4. The predicted molar refractivity (Wildman–Crippen MR) is 52.2 cm³/mol. The Morgan fingerprint density at radius 2 is 2.50 bits per heavy atom. The summed E-state index contributed by atoms with van der Waals surface area (Å²) in [6.07, 6.45) is 1.90. The molecule has 68 valence electrons. The van der Waals surface area contributed by atoms with Crippen LogP contribution in [0.3, 0.4) is 0 Å². The lowest BCUT2D eigenvalue weighted by Crippen LogP contribution is -2.30. The van der Waals surface area contributed by atoms with Gasteiger partial charge in [0.25, 0.3) is 0 Å². The van der Waals surface area contributed by atoms with Crippen molar-refractivity contribution >= 4 is 11.3 Å². The minimum atomic E-state index is 0.214. The second-order valence-electron chi connectivity index (χ2n) is 2.97. The van der Waals surface area contributed by atoms with Crippen molar-refractivity contribution in [3.05, 3.63) is 16.1 Å². The van der Waals surface area contributed by atoms with E-state index in [0.29, 0.717) is 0 Å². The van der Waals surface area contributed by atoms with Gasteiger partial charge in [-0.25, -0.2) is 4.98 Å². The van der Waals surface area contributed by atoms with Gasteiger partial charge in [-0.3, -0.25) is 0 Å². The van der Waals surface area contributed by atoms with E-state index in [0.717, 1.165) is 18.1 Å². The molecule has 3 nitrogen and oxygen atoms in total. The zero-order chi connectivity index (χ0) is 8.97. The third-order valence-corrected chi connectivity index (χ3v) is 2.32. The van der Waals surface area contributed by atoms with Crippen molar-refractivity contribution in [3.63, 3.8) is 0 Å². The molecule has 4 heteroatoms. The van der Waals surface area contributed by atoms with Gasteiger partial charge in [0.2, 0.25) is 0 Å². The first-order valence-electron chi connectivity index (χ1n) is 4.06. The molecule has 0 aliphatic heterocycles. The van der Waals surface area contributed by atoms with Crippen molar-refractivity contribution in [1.29, 1.82) is 0 Å². The van der Waals surface area contributed by atoms with Gasteiger partial charge in [-0.15, -0.1) is 11.3 Å². The Bertz CT molecular complexity index is 232. The molecule has 0 spiro atoms. The first-order valence-corrected chi connectivity index (χ1v) is 4.87. The van der Waals surface area contributed by atoms with Gasteiger partial charge in [0, 0.05) is 30.2 Å². The summed E-state index contributed by atoms with van der Waals surface area (Å²) < 4.78 is 0. The molecular formula is C8H15N3S. The van der Waals surface area contributed by atoms with Crippen LogP contribution in [0.15, 0.2) is 6.20 Å². The molecule has 1 heterocycles. The van der Waals surface area contributed by atoms with Crippen molar-refractivity contribution in [3.8, 4) is 0 Å². The van der Waals surface area contributed by atoms with Gasteiger partial charge in [-0.05, 0) is 13.8 Å². The molecule has 0 saturated heterocycles.